The van der Waals surface area contributed by atoms with Crippen LogP contribution in [0.3, 0.4) is 0 Å². The first-order valence-electron chi connectivity index (χ1n) is 11.1. The van der Waals surface area contributed by atoms with Gasteiger partial charge in [0.25, 0.3) is 0 Å². The van der Waals surface area contributed by atoms with E-state index in [1.165, 1.54) is 18.9 Å². The molecule has 2 aromatic rings. The molecule has 1 amide bonds. The highest BCUT2D eigenvalue weighted by Crippen LogP contribution is 2.38. The van der Waals surface area contributed by atoms with Crippen molar-refractivity contribution in [3.05, 3.63) is 11.0 Å². The topological polar surface area (TPSA) is 89.5 Å². The molecule has 2 atom stereocenters. The lowest BCUT2D eigenvalue weighted by Gasteiger charge is -2.27. The molecule has 0 bridgehead atoms. The molecule has 2 unspecified atom stereocenters. The van der Waals surface area contributed by atoms with Crippen LogP contribution >= 0.6 is 23.4 Å². The third-order valence-corrected chi connectivity index (χ3v) is 5.84. The molecule has 1 N–H and O–H groups in total. The molecule has 2 rings (SSSR count). The number of carbonyl (C=O) groups is 1. The zero-order valence-corrected chi connectivity index (χ0v) is 22.7. The van der Waals surface area contributed by atoms with Crippen LogP contribution in [0.5, 0.6) is 5.88 Å². The third-order valence-electron chi connectivity index (χ3n) is 5.04. The Bertz CT molecular complexity index is 1080. The van der Waals surface area contributed by atoms with Crippen molar-refractivity contribution in [1.29, 1.82) is 0 Å². The maximum Gasteiger partial charge on any atom is 0.425 e. The number of hydrogen-bond donors (Lipinski definition) is 1. The van der Waals surface area contributed by atoms with E-state index < -0.39 is 46.7 Å². The lowest BCUT2D eigenvalue weighted by Crippen LogP contribution is -2.40. The van der Waals surface area contributed by atoms with Crippen molar-refractivity contribution in [2.24, 2.45) is 5.92 Å². The summed E-state index contributed by atoms with van der Waals surface area (Å²) in [6.45, 7) is 8.43. The van der Waals surface area contributed by atoms with E-state index in [1.54, 1.807) is 34.0 Å². The molecule has 0 radical (unpaired) electrons. The first-order valence-corrected chi connectivity index (χ1v) is 12.7. The molecule has 2 heterocycles. The van der Waals surface area contributed by atoms with Crippen molar-refractivity contribution < 1.29 is 31.8 Å². The Morgan fingerprint density at radius 2 is 1.86 bits per heavy atom. The monoisotopic (exact) mass is 555 g/mol. The van der Waals surface area contributed by atoms with Gasteiger partial charge in [-0.25, -0.2) is 19.2 Å². The second-order valence-electron chi connectivity index (χ2n) is 9.10. The summed E-state index contributed by atoms with van der Waals surface area (Å²) in [5.74, 6) is -2.49. The van der Waals surface area contributed by atoms with E-state index in [4.69, 9.17) is 21.1 Å². The van der Waals surface area contributed by atoms with E-state index in [0.717, 1.165) is 11.8 Å². The number of nitrogens with one attached hydrogen (secondary N) is 1. The number of halogens is 5. The molecule has 0 aliphatic heterocycles. The SMILES string of the molecule is CCC(C)C(Oc1nc(Cl)c(F)c2nc(SC)nc(NCCN(C)C(=O)OC(C)(C)C)c12)C(F)(F)F. The summed E-state index contributed by atoms with van der Waals surface area (Å²) in [6.07, 6.45) is -5.67. The van der Waals surface area contributed by atoms with Gasteiger partial charge < -0.3 is 19.7 Å². The summed E-state index contributed by atoms with van der Waals surface area (Å²) in [5, 5.41) is 2.21. The van der Waals surface area contributed by atoms with E-state index in [-0.39, 0.29) is 41.4 Å². The number of thioether (sulfide) groups is 1. The third kappa shape index (κ3) is 7.61. The zero-order valence-electron chi connectivity index (χ0n) is 21.1. The van der Waals surface area contributed by atoms with Gasteiger partial charge in [0.1, 0.15) is 22.3 Å². The number of rotatable bonds is 9. The molecule has 36 heavy (non-hydrogen) atoms. The maximum absolute atomic E-state index is 14.9. The molecule has 0 aliphatic rings. The minimum atomic E-state index is -4.71. The van der Waals surface area contributed by atoms with E-state index >= 15 is 0 Å². The largest absolute Gasteiger partial charge is 0.464 e. The number of fused-ring (bicyclic) bond motifs is 1. The van der Waals surface area contributed by atoms with Crippen LogP contribution in [0.4, 0.5) is 28.2 Å². The van der Waals surface area contributed by atoms with Crippen molar-refractivity contribution >= 4 is 46.2 Å². The second-order valence-corrected chi connectivity index (χ2v) is 10.2. The smallest absolute Gasteiger partial charge is 0.425 e. The summed E-state index contributed by atoms with van der Waals surface area (Å²) in [4.78, 5) is 25.6. The summed E-state index contributed by atoms with van der Waals surface area (Å²) < 4.78 is 66.8. The highest BCUT2D eigenvalue weighted by Gasteiger charge is 2.45. The molecule has 0 saturated heterocycles. The van der Waals surface area contributed by atoms with E-state index in [9.17, 15) is 22.4 Å². The number of likely N-dealkylation sites (N-methyl/N-ethyl adjacent to an activating group) is 1. The van der Waals surface area contributed by atoms with Crippen molar-refractivity contribution in [3.8, 4) is 5.88 Å². The number of amides is 1. The average molecular weight is 556 g/mol. The van der Waals surface area contributed by atoms with Gasteiger partial charge in [-0.1, -0.05) is 37.2 Å². The predicted molar refractivity (Wildman–Crippen MR) is 131 cm³/mol. The number of ether oxygens (including phenoxy) is 2. The summed E-state index contributed by atoms with van der Waals surface area (Å²) in [6, 6.07) is 0. The fraction of sp³-hybridized carbons (Fsp3) is 0.636. The van der Waals surface area contributed by atoms with Crippen LogP contribution in [-0.2, 0) is 4.74 Å². The molecule has 0 saturated carbocycles. The number of carbonyl (C=O) groups excluding carboxylic acids is 1. The standard InChI is InChI=1S/C22H30ClF4N5O3S/c1-8-11(2)15(22(25,26)27)34-18-12-14(13(24)16(23)30-18)29-19(36-7)31-17(12)28-9-10-32(6)20(33)35-21(3,4)5/h11,15H,8-10H2,1-7H3,(H,28,29,31). The quantitative estimate of drug-likeness (QED) is 0.170. The van der Waals surface area contributed by atoms with Gasteiger partial charge in [-0.15, -0.1) is 0 Å². The molecule has 0 spiro atoms. The zero-order chi connectivity index (χ0) is 27.4. The Labute approximate surface area is 216 Å². The van der Waals surface area contributed by atoms with Crippen molar-refractivity contribution in [2.45, 2.75) is 64.1 Å². The van der Waals surface area contributed by atoms with Gasteiger partial charge in [-0.05, 0) is 33.4 Å². The summed E-state index contributed by atoms with van der Waals surface area (Å²) in [7, 11) is 1.52. The molecule has 202 valence electrons. The van der Waals surface area contributed by atoms with Gasteiger partial charge >= 0.3 is 12.3 Å². The van der Waals surface area contributed by atoms with Crippen LogP contribution < -0.4 is 10.1 Å². The molecule has 0 aromatic carbocycles. The van der Waals surface area contributed by atoms with Crippen LogP contribution in [0.15, 0.2) is 5.16 Å². The predicted octanol–water partition coefficient (Wildman–Crippen LogP) is 6.17. The highest BCUT2D eigenvalue weighted by molar-refractivity contribution is 7.98. The maximum atomic E-state index is 14.9. The Balaban J connectivity index is 2.49. The number of nitrogens with zero attached hydrogens (tertiary/aromatic N) is 4. The minimum absolute atomic E-state index is 0.00918. The summed E-state index contributed by atoms with van der Waals surface area (Å²) >= 11 is 6.99. The first-order chi connectivity index (χ1) is 16.6. The second kappa shape index (κ2) is 11.8. The summed E-state index contributed by atoms with van der Waals surface area (Å²) in [5.41, 5.74) is -1.02. The molecule has 14 heteroatoms. The van der Waals surface area contributed by atoms with Crippen molar-refractivity contribution in [1.82, 2.24) is 19.9 Å². The fourth-order valence-corrected chi connectivity index (χ4v) is 3.54. The number of anilines is 1. The molecule has 2 aromatic heterocycles. The Hall–Kier alpha value is -2.28. The van der Waals surface area contributed by atoms with Gasteiger partial charge in [0.2, 0.25) is 5.88 Å². The van der Waals surface area contributed by atoms with Crippen LogP contribution in [0.1, 0.15) is 41.0 Å². The Morgan fingerprint density at radius 3 is 2.39 bits per heavy atom. The van der Waals surface area contributed by atoms with Gasteiger partial charge in [0.05, 0.1) is 0 Å². The highest BCUT2D eigenvalue weighted by atomic mass is 35.5. The molecule has 8 nitrogen and oxygen atoms in total. The van der Waals surface area contributed by atoms with Crippen LogP contribution in [0.25, 0.3) is 10.9 Å². The Kier molecular flexibility index (Phi) is 9.85. The van der Waals surface area contributed by atoms with E-state index in [0.29, 0.717) is 0 Å². The van der Waals surface area contributed by atoms with Gasteiger partial charge in [0.15, 0.2) is 22.2 Å². The normalized spacial score (nSPS) is 13.9. The van der Waals surface area contributed by atoms with Crippen molar-refractivity contribution in [3.63, 3.8) is 0 Å². The molecular formula is C22H30ClF4N5O3S. The number of aromatic nitrogens is 3. The molecule has 0 fully saturated rings. The molecule has 0 aliphatic carbocycles. The number of pyridine rings is 1. The average Bonchev–Trinajstić information content (AvgIpc) is 2.77. The molecular weight excluding hydrogens is 526 g/mol. The fourth-order valence-electron chi connectivity index (χ4n) is 3.01. The Morgan fingerprint density at radius 1 is 1.22 bits per heavy atom. The van der Waals surface area contributed by atoms with Gasteiger partial charge in [0, 0.05) is 26.1 Å². The van der Waals surface area contributed by atoms with Crippen LogP contribution in [0.2, 0.25) is 5.15 Å². The van der Waals surface area contributed by atoms with E-state index in [1.807, 2.05) is 0 Å². The number of hydrogen-bond acceptors (Lipinski definition) is 8. The van der Waals surface area contributed by atoms with Gasteiger partial charge in [-0.2, -0.15) is 18.2 Å². The lowest BCUT2D eigenvalue weighted by molar-refractivity contribution is -0.209. The van der Waals surface area contributed by atoms with Crippen molar-refractivity contribution in [2.75, 3.05) is 31.7 Å². The van der Waals surface area contributed by atoms with E-state index in [2.05, 4.69) is 20.3 Å². The minimum Gasteiger partial charge on any atom is -0.464 e. The van der Waals surface area contributed by atoms with Crippen LogP contribution in [0, 0.1) is 11.7 Å². The first kappa shape index (κ1) is 29.9. The lowest BCUT2D eigenvalue weighted by atomic mass is 10.0. The number of alkyl halides is 3. The van der Waals surface area contributed by atoms with Crippen LogP contribution in [-0.4, -0.2) is 70.2 Å². The van der Waals surface area contributed by atoms with Gasteiger partial charge in [-0.3, -0.25) is 0 Å².